The summed E-state index contributed by atoms with van der Waals surface area (Å²) in [6, 6.07) is 13.9. The number of thiazole rings is 1. The van der Waals surface area contributed by atoms with Gasteiger partial charge in [-0.1, -0.05) is 49.2 Å². The number of esters is 2. The van der Waals surface area contributed by atoms with Gasteiger partial charge in [-0.05, 0) is 66.4 Å². The van der Waals surface area contributed by atoms with E-state index in [0.717, 1.165) is 67.0 Å². The highest BCUT2D eigenvalue weighted by molar-refractivity contribution is 7.90. The van der Waals surface area contributed by atoms with Gasteiger partial charge >= 0.3 is 23.9 Å². The van der Waals surface area contributed by atoms with Gasteiger partial charge in [-0.2, -0.15) is 0 Å². The molecule has 4 aromatic rings. The van der Waals surface area contributed by atoms with E-state index in [9.17, 15) is 47.7 Å². The van der Waals surface area contributed by atoms with Crippen molar-refractivity contribution in [2.45, 2.75) is 49.3 Å². The first-order chi connectivity index (χ1) is 25.1. The fourth-order valence-corrected chi connectivity index (χ4v) is 7.27. The van der Waals surface area contributed by atoms with Crippen molar-refractivity contribution in [3.8, 4) is 16.6 Å². The zero-order chi connectivity index (χ0) is 38.9. The van der Waals surface area contributed by atoms with Crippen LogP contribution in [0.2, 0.25) is 0 Å². The van der Waals surface area contributed by atoms with Crippen LogP contribution in [0.25, 0.3) is 0 Å². The molecular weight excluding hydrogens is 731 g/mol. The van der Waals surface area contributed by atoms with Crippen LogP contribution in [0.1, 0.15) is 90.0 Å². The van der Waals surface area contributed by atoms with Crippen LogP contribution in [0.4, 0.5) is 0 Å². The molecule has 3 N–H and O–H groups in total. The second kappa shape index (κ2) is 17.7. The Balaban J connectivity index is 0.000000350. The van der Waals surface area contributed by atoms with Gasteiger partial charge in [0.1, 0.15) is 22.3 Å². The van der Waals surface area contributed by atoms with Crippen LogP contribution >= 0.6 is 11.3 Å². The number of rotatable bonds is 13. The number of Topliss-reactive ketones (excluding diaryl/α,β-unsaturated/α-hetero) is 1. The predicted octanol–water partition coefficient (Wildman–Crippen LogP) is 6.18. The van der Waals surface area contributed by atoms with Crippen LogP contribution in [0.3, 0.4) is 0 Å². The van der Waals surface area contributed by atoms with E-state index in [1.807, 2.05) is 0 Å². The van der Waals surface area contributed by atoms with Gasteiger partial charge < -0.3 is 29.5 Å². The number of nitrogens with zero attached hydrogens (tertiary/aromatic N) is 1. The molecule has 0 aliphatic heterocycles. The Bertz CT molecular complexity index is 2100. The largest absolute Gasteiger partial charge is 0.508 e. The number of hydrogen-bond acceptors (Lipinski definition) is 13. The lowest BCUT2D eigenvalue weighted by atomic mass is 9.84. The lowest BCUT2D eigenvalue weighted by Crippen LogP contribution is -2.18. The molecule has 53 heavy (non-hydrogen) atoms. The van der Waals surface area contributed by atoms with E-state index < -0.39 is 39.3 Å². The predicted molar refractivity (Wildman–Crippen MR) is 191 cm³/mol. The van der Waals surface area contributed by atoms with Crippen molar-refractivity contribution in [1.82, 2.24) is 4.98 Å². The van der Waals surface area contributed by atoms with Crippen molar-refractivity contribution in [3.05, 3.63) is 99.7 Å². The molecule has 1 heterocycles. The van der Waals surface area contributed by atoms with E-state index in [1.54, 1.807) is 12.1 Å². The number of aromatic nitrogens is 1. The lowest BCUT2D eigenvalue weighted by Gasteiger charge is -2.20. The molecule has 3 aromatic carbocycles. The summed E-state index contributed by atoms with van der Waals surface area (Å²) in [5.41, 5.74) is 0.0680. The highest BCUT2D eigenvalue weighted by Crippen LogP contribution is 2.36. The zero-order valence-electron chi connectivity index (χ0n) is 28.9. The van der Waals surface area contributed by atoms with E-state index in [1.165, 1.54) is 50.7 Å². The SMILES string of the molecule is COC(=O)c1ccc(O)cc1C(=O)OC.CS(=O)(=O)c1ccc([C@@H](CC2CCCC2)C(=O)Cc2ncc(Oc3ccc(C(=O)O)c(C(=O)O)c3)s2)cc1. The monoisotopic (exact) mass is 767 g/mol. The second-order valence-electron chi connectivity index (χ2n) is 12.1. The van der Waals surface area contributed by atoms with Crippen molar-refractivity contribution in [3.63, 3.8) is 0 Å². The van der Waals surface area contributed by atoms with Gasteiger partial charge in [0.15, 0.2) is 9.84 Å². The van der Waals surface area contributed by atoms with Crippen LogP contribution in [-0.4, -0.2) is 78.9 Å². The number of carboxylic acids is 2. The van der Waals surface area contributed by atoms with Crippen LogP contribution in [-0.2, 0) is 30.5 Å². The highest BCUT2D eigenvalue weighted by atomic mass is 32.2. The number of methoxy groups -OCH3 is 2. The number of benzene rings is 3. The Kier molecular flexibility index (Phi) is 13.4. The summed E-state index contributed by atoms with van der Waals surface area (Å²) < 4.78 is 38.4. The van der Waals surface area contributed by atoms with Crippen molar-refractivity contribution < 1.29 is 61.9 Å². The Morgan fingerprint density at radius 2 is 1.43 bits per heavy atom. The number of carbonyl (C=O) groups is 5. The summed E-state index contributed by atoms with van der Waals surface area (Å²) in [7, 11) is -0.950. The average Bonchev–Trinajstić information content (AvgIpc) is 3.81. The second-order valence-corrected chi connectivity index (χ2v) is 15.2. The summed E-state index contributed by atoms with van der Waals surface area (Å²) in [6.45, 7) is 0. The van der Waals surface area contributed by atoms with Gasteiger partial charge in [-0.25, -0.2) is 32.6 Å². The first-order valence-electron chi connectivity index (χ1n) is 16.2. The lowest BCUT2D eigenvalue weighted by molar-refractivity contribution is -0.120. The third kappa shape index (κ3) is 10.7. The number of sulfone groups is 1. The topological polar surface area (TPSA) is 221 Å². The molecule has 1 aromatic heterocycles. The van der Waals surface area contributed by atoms with Gasteiger partial charge in [-0.15, -0.1) is 0 Å². The van der Waals surface area contributed by atoms with Crippen LogP contribution in [0, 0.1) is 5.92 Å². The molecular formula is C37H37NO13S2. The number of aromatic hydroxyl groups is 1. The molecule has 1 saturated carbocycles. The summed E-state index contributed by atoms with van der Waals surface area (Å²) in [6.07, 6.45) is 7.77. The molecule has 1 fully saturated rings. The molecule has 0 amide bonds. The van der Waals surface area contributed by atoms with Crippen molar-refractivity contribution in [2.24, 2.45) is 5.92 Å². The van der Waals surface area contributed by atoms with E-state index in [0.29, 0.717) is 22.4 Å². The number of carbonyl (C=O) groups excluding carboxylic acids is 3. The first-order valence-corrected chi connectivity index (χ1v) is 18.9. The molecule has 0 radical (unpaired) electrons. The summed E-state index contributed by atoms with van der Waals surface area (Å²) in [4.78, 5) is 63.2. The molecule has 0 bridgehead atoms. The maximum absolute atomic E-state index is 13.5. The number of ether oxygens (including phenoxy) is 3. The Morgan fingerprint density at radius 1 is 0.830 bits per heavy atom. The minimum Gasteiger partial charge on any atom is -0.508 e. The van der Waals surface area contributed by atoms with Crippen molar-refractivity contribution >= 4 is 50.8 Å². The molecule has 0 spiro atoms. The fraction of sp³-hybridized carbons (Fsp3) is 0.297. The molecule has 1 aliphatic rings. The number of carboxylic acid groups (broad SMARTS) is 2. The molecule has 14 nitrogen and oxygen atoms in total. The van der Waals surface area contributed by atoms with Gasteiger partial charge in [0.25, 0.3) is 0 Å². The quantitative estimate of drug-likeness (QED) is 0.129. The van der Waals surface area contributed by atoms with Gasteiger partial charge in [0, 0.05) is 12.2 Å². The van der Waals surface area contributed by atoms with Gasteiger partial charge in [-0.3, -0.25) is 4.79 Å². The van der Waals surface area contributed by atoms with E-state index in [2.05, 4.69) is 14.5 Å². The highest BCUT2D eigenvalue weighted by Gasteiger charge is 2.28. The van der Waals surface area contributed by atoms with Crippen molar-refractivity contribution in [1.29, 1.82) is 0 Å². The van der Waals surface area contributed by atoms with Gasteiger partial charge in [0.2, 0.25) is 5.06 Å². The summed E-state index contributed by atoms with van der Waals surface area (Å²) in [5.74, 6) is -4.06. The molecule has 280 valence electrons. The zero-order valence-corrected chi connectivity index (χ0v) is 30.6. The molecule has 5 rings (SSSR count). The maximum atomic E-state index is 13.5. The number of ketones is 1. The number of aromatic carboxylic acids is 2. The molecule has 0 saturated heterocycles. The van der Waals surface area contributed by atoms with Crippen LogP contribution < -0.4 is 4.74 Å². The maximum Gasteiger partial charge on any atom is 0.338 e. The molecule has 1 atom stereocenters. The normalized spacial score (nSPS) is 13.3. The minimum absolute atomic E-state index is 0.0237. The minimum atomic E-state index is -3.34. The van der Waals surface area contributed by atoms with E-state index in [-0.39, 0.29) is 51.2 Å². The van der Waals surface area contributed by atoms with E-state index in [4.69, 9.17) is 4.74 Å². The van der Waals surface area contributed by atoms with Crippen LogP contribution in [0.15, 0.2) is 71.8 Å². The Hall–Kier alpha value is -5.61. The molecule has 1 aliphatic carbocycles. The average molecular weight is 768 g/mol. The van der Waals surface area contributed by atoms with E-state index >= 15 is 0 Å². The van der Waals surface area contributed by atoms with Gasteiger partial charge in [0.05, 0.1) is 54.0 Å². The third-order valence-electron chi connectivity index (χ3n) is 8.48. The van der Waals surface area contributed by atoms with Crippen molar-refractivity contribution in [2.75, 3.05) is 20.5 Å². The number of phenols is 1. The fourth-order valence-electron chi connectivity index (χ4n) is 5.84. The first kappa shape index (κ1) is 40.2. The van der Waals surface area contributed by atoms with Crippen LogP contribution in [0.5, 0.6) is 16.6 Å². The molecule has 0 unspecified atom stereocenters. The molecule has 16 heteroatoms. The Labute approximate surface area is 308 Å². The third-order valence-corrected chi connectivity index (χ3v) is 10.5. The standard InChI is InChI=1S/C27H27NO8S2.C10H10O5/c1-38(34,35)19-9-6-17(7-10-19)21(12-16-4-2-3-5-16)23(29)14-24-28-15-25(37-24)36-18-8-11-20(26(30)31)22(13-18)27(32)33;1-14-9(12)7-4-3-6(11)5-8(7)10(13)15-2/h6-11,13,15-16,21H,2-5,12,14H2,1H3,(H,30,31)(H,32,33);3-5,11H,1-2H3/t21-;/m1./s1. The summed E-state index contributed by atoms with van der Waals surface area (Å²) >= 11 is 1.14. The summed E-state index contributed by atoms with van der Waals surface area (Å²) in [5, 5.41) is 28.5. The Morgan fingerprint density at radius 3 is 2.02 bits per heavy atom. The number of hydrogen-bond donors (Lipinski definition) is 3. The smallest absolute Gasteiger partial charge is 0.338 e. The number of phenolic OH excluding ortho intramolecular Hbond substituents is 1.